The highest BCUT2D eigenvalue weighted by Gasteiger charge is 2.16. The second-order valence-electron chi connectivity index (χ2n) is 3.10. The van der Waals surface area contributed by atoms with Gasteiger partial charge < -0.3 is 4.57 Å². The van der Waals surface area contributed by atoms with Crippen molar-refractivity contribution >= 4 is 28.9 Å². The monoisotopic (exact) mass is 256 g/mol. The van der Waals surface area contributed by atoms with Crippen molar-refractivity contribution in [1.29, 1.82) is 0 Å². The molecule has 4 nitrogen and oxygen atoms in total. The fourth-order valence-electron chi connectivity index (χ4n) is 1.36. The lowest BCUT2D eigenvalue weighted by molar-refractivity contribution is -0.384. The summed E-state index contributed by atoms with van der Waals surface area (Å²) >= 11 is 11.8. The zero-order valence-corrected chi connectivity index (χ0v) is 9.44. The normalized spacial score (nSPS) is 10.4. The summed E-state index contributed by atoms with van der Waals surface area (Å²) in [5.74, 6) is 0. The molecule has 0 fully saturated rings. The van der Waals surface area contributed by atoms with Crippen LogP contribution in [0.1, 0.15) is 0 Å². The molecule has 0 atom stereocenters. The molecule has 1 aromatic heterocycles. The third kappa shape index (κ3) is 1.89. The van der Waals surface area contributed by atoms with Gasteiger partial charge in [0, 0.05) is 18.5 Å². The van der Waals surface area contributed by atoms with E-state index >= 15 is 0 Å². The van der Waals surface area contributed by atoms with Crippen LogP contribution in [0.15, 0.2) is 36.7 Å². The number of hydrogen-bond donors (Lipinski definition) is 0. The van der Waals surface area contributed by atoms with Crippen molar-refractivity contribution in [2.24, 2.45) is 0 Å². The zero-order chi connectivity index (χ0) is 11.7. The molecular formula is C10H6Cl2N2O2. The van der Waals surface area contributed by atoms with Gasteiger partial charge in [0.05, 0.1) is 15.6 Å². The molecule has 0 aliphatic rings. The standard InChI is InChI=1S/C10H6Cl2N2O2/c11-7-6-10(14(15)16)8(12)5-9(7)13-3-1-2-4-13/h1-6H. The van der Waals surface area contributed by atoms with E-state index in [2.05, 4.69) is 0 Å². The van der Waals surface area contributed by atoms with Crippen molar-refractivity contribution in [3.63, 3.8) is 0 Å². The Balaban J connectivity index is 2.59. The molecule has 2 aromatic rings. The number of nitro groups is 1. The maximum atomic E-state index is 10.6. The second-order valence-corrected chi connectivity index (χ2v) is 3.92. The second kappa shape index (κ2) is 4.15. The maximum Gasteiger partial charge on any atom is 0.289 e. The summed E-state index contributed by atoms with van der Waals surface area (Å²) in [6.07, 6.45) is 3.56. The summed E-state index contributed by atoms with van der Waals surface area (Å²) in [7, 11) is 0. The van der Waals surface area contributed by atoms with Crippen molar-refractivity contribution in [3.05, 3.63) is 56.8 Å². The Morgan fingerprint density at radius 2 is 1.75 bits per heavy atom. The lowest BCUT2D eigenvalue weighted by Crippen LogP contribution is -1.95. The van der Waals surface area contributed by atoms with Gasteiger partial charge in [-0.1, -0.05) is 23.2 Å². The van der Waals surface area contributed by atoms with Gasteiger partial charge in [0.1, 0.15) is 5.02 Å². The topological polar surface area (TPSA) is 48.1 Å². The van der Waals surface area contributed by atoms with Crippen LogP contribution in [-0.4, -0.2) is 9.49 Å². The van der Waals surface area contributed by atoms with E-state index in [0.717, 1.165) is 0 Å². The minimum absolute atomic E-state index is 0.0677. The third-order valence-corrected chi connectivity index (χ3v) is 2.70. The highest BCUT2D eigenvalue weighted by molar-refractivity contribution is 6.36. The quantitative estimate of drug-likeness (QED) is 0.608. The highest BCUT2D eigenvalue weighted by atomic mass is 35.5. The number of hydrogen-bond acceptors (Lipinski definition) is 2. The number of aromatic nitrogens is 1. The summed E-state index contributed by atoms with van der Waals surface area (Å²) in [4.78, 5) is 10.1. The Morgan fingerprint density at radius 3 is 2.31 bits per heavy atom. The average molecular weight is 257 g/mol. The summed E-state index contributed by atoms with van der Waals surface area (Å²) in [5, 5.41) is 11.0. The predicted octanol–water partition coefficient (Wildman–Crippen LogP) is 3.69. The van der Waals surface area contributed by atoms with E-state index < -0.39 is 4.92 Å². The lowest BCUT2D eigenvalue weighted by atomic mass is 10.3. The van der Waals surface area contributed by atoms with Gasteiger partial charge >= 0.3 is 0 Å². The zero-order valence-electron chi connectivity index (χ0n) is 7.93. The molecule has 1 heterocycles. The van der Waals surface area contributed by atoms with Gasteiger partial charge in [-0.25, -0.2) is 0 Å². The number of rotatable bonds is 2. The Hall–Kier alpha value is -1.52. The van der Waals surface area contributed by atoms with E-state index in [1.165, 1.54) is 12.1 Å². The Morgan fingerprint density at radius 1 is 1.12 bits per heavy atom. The van der Waals surface area contributed by atoms with Gasteiger partial charge in [0.25, 0.3) is 5.69 Å². The molecule has 0 bridgehead atoms. The molecule has 1 aromatic carbocycles. The summed E-state index contributed by atoms with van der Waals surface area (Å²) < 4.78 is 1.73. The largest absolute Gasteiger partial charge is 0.322 e. The summed E-state index contributed by atoms with van der Waals surface area (Å²) in [5.41, 5.74) is 0.421. The van der Waals surface area contributed by atoms with Gasteiger partial charge in [-0.3, -0.25) is 10.1 Å². The molecule has 0 aliphatic carbocycles. The van der Waals surface area contributed by atoms with Gasteiger partial charge in [-0.05, 0) is 18.2 Å². The molecular weight excluding hydrogens is 251 g/mol. The fraction of sp³-hybridized carbons (Fsp3) is 0. The minimum atomic E-state index is -0.562. The van der Waals surface area contributed by atoms with Crippen molar-refractivity contribution in [1.82, 2.24) is 4.57 Å². The van der Waals surface area contributed by atoms with Crippen LogP contribution in [0, 0.1) is 10.1 Å². The van der Waals surface area contributed by atoms with Crippen LogP contribution in [0.4, 0.5) is 5.69 Å². The Kier molecular flexibility index (Phi) is 2.85. The molecule has 0 saturated carbocycles. The first kappa shape index (κ1) is 11.0. The molecule has 6 heteroatoms. The van der Waals surface area contributed by atoms with Gasteiger partial charge in [0.15, 0.2) is 0 Å². The first-order valence-corrected chi connectivity index (χ1v) is 5.12. The number of nitro benzene ring substituents is 1. The molecule has 0 aliphatic heterocycles. The van der Waals surface area contributed by atoms with Crippen LogP contribution < -0.4 is 0 Å². The molecule has 0 radical (unpaired) electrons. The van der Waals surface area contributed by atoms with Crippen LogP contribution in [0.3, 0.4) is 0 Å². The maximum absolute atomic E-state index is 10.6. The molecule has 0 unspecified atom stereocenters. The molecule has 0 saturated heterocycles. The minimum Gasteiger partial charge on any atom is -0.322 e. The average Bonchev–Trinajstić information content (AvgIpc) is 2.73. The number of nitrogens with zero attached hydrogens (tertiary/aromatic N) is 2. The van der Waals surface area contributed by atoms with Crippen LogP contribution in [0.25, 0.3) is 5.69 Å². The van der Waals surface area contributed by atoms with E-state index in [4.69, 9.17) is 23.2 Å². The molecule has 0 N–H and O–H groups in total. The molecule has 0 amide bonds. The van der Waals surface area contributed by atoms with E-state index in [-0.39, 0.29) is 15.7 Å². The lowest BCUT2D eigenvalue weighted by Gasteiger charge is -2.06. The molecule has 82 valence electrons. The molecule has 2 rings (SSSR count). The van der Waals surface area contributed by atoms with Gasteiger partial charge in [-0.15, -0.1) is 0 Å². The third-order valence-electron chi connectivity index (χ3n) is 2.10. The van der Waals surface area contributed by atoms with Crippen molar-refractivity contribution in [2.45, 2.75) is 0 Å². The van der Waals surface area contributed by atoms with Crippen molar-refractivity contribution in [2.75, 3.05) is 0 Å². The highest BCUT2D eigenvalue weighted by Crippen LogP contribution is 2.32. The van der Waals surface area contributed by atoms with E-state index in [1.54, 1.807) is 17.0 Å². The van der Waals surface area contributed by atoms with Crippen LogP contribution in [0.5, 0.6) is 0 Å². The van der Waals surface area contributed by atoms with E-state index in [0.29, 0.717) is 5.69 Å². The van der Waals surface area contributed by atoms with Gasteiger partial charge in [0.2, 0.25) is 0 Å². The van der Waals surface area contributed by atoms with E-state index in [9.17, 15) is 10.1 Å². The molecule has 16 heavy (non-hydrogen) atoms. The van der Waals surface area contributed by atoms with E-state index in [1.807, 2.05) is 12.1 Å². The molecule has 0 spiro atoms. The predicted molar refractivity (Wildman–Crippen MR) is 62.4 cm³/mol. The summed E-state index contributed by atoms with van der Waals surface area (Å²) in [6, 6.07) is 6.37. The summed E-state index contributed by atoms with van der Waals surface area (Å²) in [6.45, 7) is 0. The Labute approximate surface area is 101 Å². The smallest absolute Gasteiger partial charge is 0.289 e. The Bertz CT molecular complexity index is 538. The number of halogens is 2. The van der Waals surface area contributed by atoms with Crippen LogP contribution in [-0.2, 0) is 0 Å². The first-order chi connectivity index (χ1) is 7.59. The van der Waals surface area contributed by atoms with Crippen molar-refractivity contribution < 1.29 is 4.92 Å². The fourth-order valence-corrected chi connectivity index (χ4v) is 1.84. The first-order valence-electron chi connectivity index (χ1n) is 4.36. The number of benzene rings is 1. The SMILES string of the molecule is O=[N+]([O-])c1cc(Cl)c(-n2cccc2)cc1Cl. The van der Waals surface area contributed by atoms with Crippen molar-refractivity contribution in [3.8, 4) is 5.69 Å². The van der Waals surface area contributed by atoms with Gasteiger partial charge in [-0.2, -0.15) is 0 Å². The van der Waals surface area contributed by atoms with Crippen LogP contribution in [0.2, 0.25) is 10.0 Å². The van der Waals surface area contributed by atoms with Crippen LogP contribution >= 0.6 is 23.2 Å².